The van der Waals surface area contributed by atoms with Crippen LogP contribution in [0.3, 0.4) is 0 Å². The molecule has 2 aliphatic rings. The summed E-state index contributed by atoms with van der Waals surface area (Å²) in [6, 6.07) is 15.1. The van der Waals surface area contributed by atoms with Crippen LogP contribution < -0.4 is 9.64 Å². The number of carbonyl (C=O) groups is 1. The molecule has 2 aromatic carbocycles. The number of rotatable bonds is 7. The number of aryl methyl sites for hydroxylation is 1. The topological polar surface area (TPSA) is 70.2 Å². The molecule has 0 aromatic heterocycles. The zero-order chi connectivity index (χ0) is 24.0. The maximum absolute atomic E-state index is 12.9. The number of ether oxygens (including phenoxy) is 1. The normalized spacial score (nSPS) is 17.9. The van der Waals surface area contributed by atoms with Crippen molar-refractivity contribution in [3.05, 3.63) is 54.1 Å². The summed E-state index contributed by atoms with van der Waals surface area (Å²) in [6.45, 7) is 4.23. The second-order valence-electron chi connectivity index (χ2n) is 9.03. The van der Waals surface area contributed by atoms with Crippen molar-refractivity contribution in [2.75, 3.05) is 51.3 Å². The van der Waals surface area contributed by atoms with Crippen molar-refractivity contribution in [2.24, 2.45) is 0 Å². The maximum Gasteiger partial charge on any atom is 0.243 e. The van der Waals surface area contributed by atoms with E-state index in [1.54, 1.807) is 23.5 Å². The Kier molecular flexibility index (Phi) is 8.11. The SMILES string of the molecule is COc1ccc(N2CCN(C(=O)CCc3ccc(S(=O)(=O)N4CCCCCC4)cc3)CC2)cc1. The minimum Gasteiger partial charge on any atom is -0.497 e. The third-order valence-corrected chi connectivity index (χ3v) is 8.74. The highest BCUT2D eigenvalue weighted by Gasteiger charge is 2.25. The van der Waals surface area contributed by atoms with Crippen LogP contribution >= 0.6 is 0 Å². The van der Waals surface area contributed by atoms with Gasteiger partial charge in [0, 0.05) is 51.4 Å². The summed E-state index contributed by atoms with van der Waals surface area (Å²) in [4.78, 5) is 17.3. The first-order valence-electron chi connectivity index (χ1n) is 12.2. The van der Waals surface area contributed by atoms with Gasteiger partial charge in [-0.25, -0.2) is 8.42 Å². The van der Waals surface area contributed by atoms with Gasteiger partial charge in [-0.2, -0.15) is 4.31 Å². The molecule has 0 unspecified atom stereocenters. The molecule has 184 valence electrons. The van der Waals surface area contributed by atoms with Gasteiger partial charge in [0.15, 0.2) is 0 Å². The highest BCUT2D eigenvalue weighted by molar-refractivity contribution is 7.89. The van der Waals surface area contributed by atoms with Gasteiger partial charge in [-0.15, -0.1) is 0 Å². The molecule has 2 fully saturated rings. The lowest BCUT2D eigenvalue weighted by Crippen LogP contribution is -2.48. The largest absolute Gasteiger partial charge is 0.497 e. The fraction of sp³-hybridized carbons (Fsp3) is 0.500. The summed E-state index contributed by atoms with van der Waals surface area (Å²) in [5.41, 5.74) is 2.13. The lowest BCUT2D eigenvalue weighted by atomic mass is 10.1. The number of anilines is 1. The molecule has 0 atom stereocenters. The second-order valence-corrected chi connectivity index (χ2v) is 11.0. The predicted molar refractivity (Wildman–Crippen MR) is 134 cm³/mol. The van der Waals surface area contributed by atoms with E-state index in [4.69, 9.17) is 4.74 Å². The first-order chi connectivity index (χ1) is 16.5. The molecule has 2 aliphatic heterocycles. The van der Waals surface area contributed by atoms with Crippen LogP contribution in [0, 0.1) is 0 Å². The van der Waals surface area contributed by atoms with Crippen molar-refractivity contribution >= 4 is 21.6 Å². The Balaban J connectivity index is 1.26. The van der Waals surface area contributed by atoms with Crippen LogP contribution in [0.2, 0.25) is 0 Å². The van der Waals surface area contributed by atoms with Gasteiger partial charge in [0.1, 0.15) is 5.75 Å². The number of amides is 1. The first kappa shape index (κ1) is 24.5. The number of hydrogen-bond acceptors (Lipinski definition) is 5. The molecule has 7 nitrogen and oxygen atoms in total. The Morgan fingerprint density at radius 1 is 0.824 bits per heavy atom. The van der Waals surface area contributed by atoms with Gasteiger partial charge in [0.25, 0.3) is 0 Å². The quantitative estimate of drug-likeness (QED) is 0.600. The van der Waals surface area contributed by atoms with Gasteiger partial charge in [-0.3, -0.25) is 4.79 Å². The molecule has 4 rings (SSSR count). The summed E-state index contributed by atoms with van der Waals surface area (Å²) in [5, 5.41) is 0. The molecule has 0 aliphatic carbocycles. The second kappa shape index (κ2) is 11.2. The monoisotopic (exact) mass is 485 g/mol. The Morgan fingerprint density at radius 2 is 1.44 bits per heavy atom. The molecular weight excluding hydrogens is 450 g/mol. The molecule has 0 saturated carbocycles. The van der Waals surface area contributed by atoms with Gasteiger partial charge in [-0.1, -0.05) is 25.0 Å². The summed E-state index contributed by atoms with van der Waals surface area (Å²) >= 11 is 0. The smallest absolute Gasteiger partial charge is 0.243 e. The van der Waals surface area contributed by atoms with E-state index in [1.165, 1.54) is 0 Å². The average Bonchev–Trinajstić information content (AvgIpc) is 3.18. The van der Waals surface area contributed by atoms with E-state index < -0.39 is 10.0 Å². The van der Waals surface area contributed by atoms with E-state index in [9.17, 15) is 13.2 Å². The molecule has 0 bridgehead atoms. The van der Waals surface area contributed by atoms with Crippen molar-refractivity contribution in [3.8, 4) is 5.75 Å². The Bertz CT molecular complexity index is 1040. The average molecular weight is 486 g/mol. The van der Waals surface area contributed by atoms with Crippen molar-refractivity contribution in [3.63, 3.8) is 0 Å². The molecule has 2 aromatic rings. The number of methoxy groups -OCH3 is 1. The molecule has 0 radical (unpaired) electrons. The van der Waals surface area contributed by atoms with Gasteiger partial charge in [-0.05, 0) is 61.2 Å². The number of carbonyl (C=O) groups excluding carboxylic acids is 1. The number of benzene rings is 2. The van der Waals surface area contributed by atoms with Crippen LogP contribution in [0.5, 0.6) is 5.75 Å². The van der Waals surface area contributed by atoms with Gasteiger partial charge in [0.2, 0.25) is 15.9 Å². The lowest BCUT2D eigenvalue weighted by Gasteiger charge is -2.36. The highest BCUT2D eigenvalue weighted by Crippen LogP contribution is 2.22. The van der Waals surface area contributed by atoms with Gasteiger partial charge in [0.05, 0.1) is 12.0 Å². The van der Waals surface area contributed by atoms with Crippen molar-refractivity contribution in [2.45, 2.75) is 43.4 Å². The van der Waals surface area contributed by atoms with Gasteiger partial charge < -0.3 is 14.5 Å². The van der Waals surface area contributed by atoms with E-state index >= 15 is 0 Å². The van der Waals surface area contributed by atoms with Crippen LogP contribution in [0.1, 0.15) is 37.7 Å². The van der Waals surface area contributed by atoms with E-state index in [1.807, 2.05) is 41.3 Å². The lowest BCUT2D eigenvalue weighted by molar-refractivity contribution is -0.131. The Morgan fingerprint density at radius 3 is 2.03 bits per heavy atom. The van der Waals surface area contributed by atoms with Crippen molar-refractivity contribution in [1.82, 2.24) is 9.21 Å². The Labute approximate surface area is 203 Å². The fourth-order valence-electron chi connectivity index (χ4n) is 4.68. The summed E-state index contributed by atoms with van der Waals surface area (Å²) in [5.74, 6) is 0.987. The minimum atomic E-state index is -3.44. The summed E-state index contributed by atoms with van der Waals surface area (Å²) < 4.78 is 32.7. The number of piperazine rings is 1. The van der Waals surface area contributed by atoms with Gasteiger partial charge >= 0.3 is 0 Å². The third-order valence-electron chi connectivity index (χ3n) is 6.82. The third kappa shape index (κ3) is 5.91. The predicted octanol–water partition coefficient (Wildman–Crippen LogP) is 3.54. The zero-order valence-electron chi connectivity index (χ0n) is 20.0. The molecule has 8 heteroatoms. The molecule has 0 N–H and O–H groups in total. The summed E-state index contributed by atoms with van der Waals surface area (Å²) in [7, 11) is -1.78. The molecule has 1 amide bonds. The van der Waals surface area contributed by atoms with E-state index in [0.717, 1.165) is 55.8 Å². The van der Waals surface area contributed by atoms with Crippen LogP contribution in [0.15, 0.2) is 53.4 Å². The first-order valence-corrected chi connectivity index (χ1v) is 13.7. The van der Waals surface area contributed by atoms with E-state index in [0.29, 0.717) is 43.9 Å². The number of nitrogens with zero attached hydrogens (tertiary/aromatic N) is 3. The molecule has 0 spiro atoms. The molecule has 2 saturated heterocycles. The van der Waals surface area contributed by atoms with Crippen LogP contribution in [0.25, 0.3) is 0 Å². The van der Waals surface area contributed by atoms with E-state index in [-0.39, 0.29) is 5.91 Å². The fourth-order valence-corrected chi connectivity index (χ4v) is 6.19. The Hall–Kier alpha value is -2.58. The van der Waals surface area contributed by atoms with Crippen LogP contribution in [-0.4, -0.2) is 69.9 Å². The molecular formula is C26H35N3O4S. The number of hydrogen-bond donors (Lipinski definition) is 0. The van der Waals surface area contributed by atoms with Crippen molar-refractivity contribution in [1.29, 1.82) is 0 Å². The molecule has 2 heterocycles. The van der Waals surface area contributed by atoms with Crippen molar-refractivity contribution < 1.29 is 17.9 Å². The summed E-state index contributed by atoms with van der Waals surface area (Å²) in [6.07, 6.45) is 5.08. The zero-order valence-corrected chi connectivity index (χ0v) is 20.8. The number of sulfonamides is 1. The standard InChI is InChI=1S/C26H35N3O4S/c1-33-24-11-9-23(10-12-24)27-18-20-28(21-19-27)26(30)15-8-22-6-13-25(14-7-22)34(31,32)29-16-4-2-3-5-17-29/h6-7,9-14H,2-5,8,15-21H2,1H3. The minimum absolute atomic E-state index is 0.149. The van der Waals surface area contributed by atoms with Crippen LogP contribution in [0.4, 0.5) is 5.69 Å². The van der Waals surface area contributed by atoms with Crippen LogP contribution in [-0.2, 0) is 21.2 Å². The molecule has 34 heavy (non-hydrogen) atoms. The maximum atomic E-state index is 12.9. The van der Waals surface area contributed by atoms with E-state index in [2.05, 4.69) is 4.90 Å². The highest BCUT2D eigenvalue weighted by atomic mass is 32.2.